The third-order valence-corrected chi connectivity index (χ3v) is 4.63. The first-order valence-electron chi connectivity index (χ1n) is 7.60. The highest BCUT2D eigenvalue weighted by Crippen LogP contribution is 2.56. The molecule has 1 aliphatic rings. The maximum Gasteiger partial charge on any atom is 0.0205 e. The number of hydrogen-bond acceptors (Lipinski definition) is 1. The highest BCUT2D eigenvalue weighted by Gasteiger charge is 2.49. The molecular formula is C18H33N. The Balaban J connectivity index is 2.41. The Morgan fingerprint density at radius 1 is 1.37 bits per heavy atom. The van der Waals surface area contributed by atoms with Gasteiger partial charge in [0.2, 0.25) is 0 Å². The summed E-state index contributed by atoms with van der Waals surface area (Å²) in [5.41, 5.74) is 3.45. The lowest BCUT2D eigenvalue weighted by Crippen LogP contribution is -2.28. The zero-order chi connectivity index (χ0) is 14.8. The van der Waals surface area contributed by atoms with Crippen molar-refractivity contribution in [2.45, 2.75) is 60.8 Å². The molecule has 0 aromatic rings. The van der Waals surface area contributed by atoms with Crippen molar-refractivity contribution in [3.63, 3.8) is 0 Å². The highest BCUT2D eigenvalue weighted by atomic mass is 15.1. The van der Waals surface area contributed by atoms with E-state index in [1.807, 2.05) is 0 Å². The van der Waals surface area contributed by atoms with Gasteiger partial charge in [0.05, 0.1) is 0 Å². The molecule has 1 nitrogen and oxygen atoms in total. The van der Waals surface area contributed by atoms with Gasteiger partial charge in [0.15, 0.2) is 0 Å². The van der Waals surface area contributed by atoms with Gasteiger partial charge < -0.3 is 4.90 Å². The molecule has 0 spiro atoms. The standard InChI is InChI=1S/C18H33N/c1-14(2)10-9-11-18(7)12-16(18)13-19(8)15(3)17(4,5)6/h10,16H,3,9,11-13H2,1-2,4-8H3. The fraction of sp³-hybridized carbons (Fsp3) is 0.778. The van der Waals surface area contributed by atoms with E-state index in [4.69, 9.17) is 0 Å². The summed E-state index contributed by atoms with van der Waals surface area (Å²) in [6.45, 7) is 19.0. The van der Waals surface area contributed by atoms with Gasteiger partial charge in [-0.1, -0.05) is 45.9 Å². The van der Waals surface area contributed by atoms with Gasteiger partial charge in [-0.2, -0.15) is 0 Å². The minimum atomic E-state index is 0.183. The summed E-state index contributed by atoms with van der Waals surface area (Å²) in [5.74, 6) is 0.849. The summed E-state index contributed by atoms with van der Waals surface area (Å²) in [6.07, 6.45) is 6.32. The largest absolute Gasteiger partial charge is 0.378 e. The van der Waals surface area contributed by atoms with Crippen LogP contribution in [-0.4, -0.2) is 18.5 Å². The maximum absolute atomic E-state index is 4.26. The third-order valence-electron chi connectivity index (χ3n) is 4.63. The van der Waals surface area contributed by atoms with Crippen LogP contribution in [0.25, 0.3) is 0 Å². The molecule has 0 saturated heterocycles. The highest BCUT2D eigenvalue weighted by molar-refractivity contribution is 5.08. The lowest BCUT2D eigenvalue weighted by molar-refractivity contribution is 0.285. The fourth-order valence-corrected chi connectivity index (χ4v) is 2.80. The summed E-state index contributed by atoms with van der Waals surface area (Å²) >= 11 is 0. The predicted octanol–water partition coefficient (Wildman–Crippen LogP) is 5.25. The Kier molecular flexibility index (Phi) is 4.92. The van der Waals surface area contributed by atoms with Crippen LogP contribution in [0.2, 0.25) is 0 Å². The molecular weight excluding hydrogens is 230 g/mol. The molecule has 0 aromatic heterocycles. The van der Waals surface area contributed by atoms with Gasteiger partial charge in [-0.25, -0.2) is 0 Å². The van der Waals surface area contributed by atoms with Crippen molar-refractivity contribution in [3.05, 3.63) is 23.9 Å². The lowest BCUT2D eigenvalue weighted by atomic mass is 9.91. The molecule has 0 bridgehead atoms. The molecule has 0 N–H and O–H groups in total. The molecule has 1 aliphatic carbocycles. The Labute approximate surface area is 120 Å². The van der Waals surface area contributed by atoms with Crippen molar-refractivity contribution in [2.24, 2.45) is 16.7 Å². The molecule has 19 heavy (non-hydrogen) atoms. The smallest absolute Gasteiger partial charge is 0.0205 e. The van der Waals surface area contributed by atoms with Gasteiger partial charge in [0.1, 0.15) is 0 Å². The zero-order valence-corrected chi connectivity index (χ0v) is 14.1. The summed E-state index contributed by atoms with van der Waals surface area (Å²) in [6, 6.07) is 0. The molecule has 0 aromatic carbocycles. The molecule has 0 aliphatic heterocycles. The Morgan fingerprint density at radius 2 is 1.95 bits per heavy atom. The molecule has 1 saturated carbocycles. The fourth-order valence-electron chi connectivity index (χ4n) is 2.80. The number of hydrogen-bond donors (Lipinski definition) is 0. The van der Waals surface area contributed by atoms with Crippen molar-refractivity contribution in [2.75, 3.05) is 13.6 Å². The van der Waals surface area contributed by atoms with E-state index in [1.165, 1.54) is 37.1 Å². The zero-order valence-electron chi connectivity index (χ0n) is 14.1. The van der Waals surface area contributed by atoms with E-state index in [0.717, 1.165) is 5.92 Å². The van der Waals surface area contributed by atoms with E-state index in [-0.39, 0.29) is 5.41 Å². The molecule has 0 radical (unpaired) electrons. The normalized spacial score (nSPS) is 25.9. The third kappa shape index (κ3) is 4.71. The molecule has 0 heterocycles. The quantitative estimate of drug-likeness (QED) is 0.592. The minimum absolute atomic E-state index is 0.183. The molecule has 2 atom stereocenters. The van der Waals surface area contributed by atoms with Crippen LogP contribution < -0.4 is 0 Å². The number of rotatable bonds is 6. The van der Waals surface area contributed by atoms with E-state index in [9.17, 15) is 0 Å². The summed E-state index contributed by atoms with van der Waals surface area (Å²) in [7, 11) is 2.20. The van der Waals surface area contributed by atoms with Crippen LogP contribution in [-0.2, 0) is 0 Å². The predicted molar refractivity (Wildman–Crippen MR) is 86.1 cm³/mol. The van der Waals surface area contributed by atoms with Gasteiger partial charge in [0.25, 0.3) is 0 Å². The van der Waals surface area contributed by atoms with Crippen molar-refractivity contribution in [1.29, 1.82) is 0 Å². The Hall–Kier alpha value is -0.720. The van der Waals surface area contributed by atoms with E-state index >= 15 is 0 Å². The number of allylic oxidation sites excluding steroid dienone is 3. The Bertz CT molecular complexity index is 354. The van der Waals surface area contributed by atoms with Crippen LogP contribution in [0.15, 0.2) is 23.9 Å². The second-order valence-electron chi connectivity index (χ2n) is 7.95. The van der Waals surface area contributed by atoms with Gasteiger partial charge >= 0.3 is 0 Å². The molecule has 110 valence electrons. The van der Waals surface area contributed by atoms with Crippen LogP contribution in [0.4, 0.5) is 0 Å². The van der Waals surface area contributed by atoms with Crippen LogP contribution in [0, 0.1) is 16.7 Å². The molecule has 1 rings (SSSR count). The monoisotopic (exact) mass is 263 g/mol. The maximum atomic E-state index is 4.26. The summed E-state index contributed by atoms with van der Waals surface area (Å²) in [5, 5.41) is 0. The van der Waals surface area contributed by atoms with Gasteiger partial charge in [0, 0.05) is 24.7 Å². The van der Waals surface area contributed by atoms with Crippen LogP contribution in [0.3, 0.4) is 0 Å². The van der Waals surface area contributed by atoms with E-state index in [2.05, 4.69) is 66.1 Å². The average Bonchev–Trinajstić information content (AvgIpc) is 2.86. The van der Waals surface area contributed by atoms with Gasteiger partial charge in [-0.05, 0) is 44.4 Å². The van der Waals surface area contributed by atoms with Crippen molar-refractivity contribution in [3.8, 4) is 0 Å². The van der Waals surface area contributed by atoms with Crippen molar-refractivity contribution < 1.29 is 0 Å². The lowest BCUT2D eigenvalue weighted by Gasteiger charge is -2.32. The molecule has 1 heteroatoms. The van der Waals surface area contributed by atoms with E-state index in [0.29, 0.717) is 5.41 Å². The van der Waals surface area contributed by atoms with Gasteiger partial charge in [-0.3, -0.25) is 0 Å². The Morgan fingerprint density at radius 3 is 2.42 bits per heavy atom. The van der Waals surface area contributed by atoms with E-state index < -0.39 is 0 Å². The van der Waals surface area contributed by atoms with Gasteiger partial charge in [-0.15, -0.1) is 0 Å². The van der Waals surface area contributed by atoms with Crippen LogP contribution in [0.1, 0.15) is 60.8 Å². The molecule has 0 amide bonds. The topological polar surface area (TPSA) is 3.24 Å². The first kappa shape index (κ1) is 16.3. The SMILES string of the molecule is C=C(N(C)CC1CC1(C)CCC=C(C)C)C(C)(C)C. The first-order valence-corrected chi connectivity index (χ1v) is 7.60. The molecule has 1 fully saturated rings. The minimum Gasteiger partial charge on any atom is -0.378 e. The molecule has 2 unspecified atom stereocenters. The van der Waals surface area contributed by atoms with Crippen molar-refractivity contribution in [1.82, 2.24) is 4.90 Å². The van der Waals surface area contributed by atoms with Crippen LogP contribution >= 0.6 is 0 Å². The summed E-state index contributed by atoms with van der Waals surface area (Å²) in [4.78, 5) is 2.37. The summed E-state index contributed by atoms with van der Waals surface area (Å²) < 4.78 is 0. The second-order valence-corrected chi connectivity index (χ2v) is 7.95. The van der Waals surface area contributed by atoms with Crippen LogP contribution in [0.5, 0.6) is 0 Å². The van der Waals surface area contributed by atoms with Crippen molar-refractivity contribution >= 4 is 0 Å². The first-order chi connectivity index (χ1) is 8.56. The second kappa shape index (κ2) is 5.73. The number of nitrogens with zero attached hydrogens (tertiary/aromatic N) is 1. The van der Waals surface area contributed by atoms with E-state index in [1.54, 1.807) is 0 Å². The average molecular weight is 263 g/mol.